The highest BCUT2D eigenvalue weighted by Crippen LogP contribution is 2.21. The minimum atomic E-state index is 0.342. The van der Waals surface area contributed by atoms with Crippen LogP contribution in [0.3, 0.4) is 0 Å². The first-order valence-electron chi connectivity index (χ1n) is 8.40. The number of phenols is 1. The maximum atomic E-state index is 9.34. The van der Waals surface area contributed by atoms with Crippen LogP contribution >= 0.6 is 0 Å². The van der Waals surface area contributed by atoms with Crippen molar-refractivity contribution in [2.75, 3.05) is 5.32 Å². The van der Waals surface area contributed by atoms with Gasteiger partial charge in [-0.15, -0.1) is 0 Å². The van der Waals surface area contributed by atoms with E-state index in [0.717, 1.165) is 5.69 Å². The zero-order chi connectivity index (χ0) is 14.0. The van der Waals surface area contributed by atoms with Crippen LogP contribution in [0.4, 0.5) is 5.69 Å². The van der Waals surface area contributed by atoms with Crippen LogP contribution in [-0.4, -0.2) is 11.1 Å². The Bertz CT molecular complexity index is 348. The molecule has 1 aliphatic carbocycles. The second kappa shape index (κ2) is 8.89. The molecule has 0 spiro atoms. The normalized spacial score (nSPS) is 19.8. The number of benzene rings is 1. The highest BCUT2D eigenvalue weighted by Gasteiger charge is 2.09. The summed E-state index contributed by atoms with van der Waals surface area (Å²) in [5.74, 6) is 0.342. The van der Waals surface area contributed by atoms with Crippen LogP contribution in [0.1, 0.15) is 70.6 Å². The molecule has 1 aromatic rings. The standard InChI is InChI=1S/C18H29NO/c20-18-14-12-17(13-15-18)19-16-10-8-6-4-2-1-3-5-7-9-11-16/h12-16,19-20H,1-11H2. The van der Waals surface area contributed by atoms with Crippen molar-refractivity contribution in [2.24, 2.45) is 0 Å². The minimum absolute atomic E-state index is 0.342. The van der Waals surface area contributed by atoms with Gasteiger partial charge in [0.25, 0.3) is 0 Å². The summed E-state index contributed by atoms with van der Waals surface area (Å²) in [4.78, 5) is 0. The Labute approximate surface area is 123 Å². The van der Waals surface area contributed by atoms with E-state index in [0.29, 0.717) is 11.8 Å². The Morgan fingerprint density at radius 1 is 0.700 bits per heavy atom. The first kappa shape index (κ1) is 15.2. The lowest BCUT2D eigenvalue weighted by molar-refractivity contribution is 0.474. The molecule has 20 heavy (non-hydrogen) atoms. The number of hydrogen-bond donors (Lipinski definition) is 2. The summed E-state index contributed by atoms with van der Waals surface area (Å²) < 4.78 is 0. The van der Waals surface area contributed by atoms with Gasteiger partial charge < -0.3 is 10.4 Å². The second-order valence-electron chi connectivity index (χ2n) is 6.15. The summed E-state index contributed by atoms with van der Waals surface area (Å²) in [5.41, 5.74) is 1.14. The van der Waals surface area contributed by atoms with Crippen molar-refractivity contribution in [3.63, 3.8) is 0 Å². The fourth-order valence-corrected chi connectivity index (χ4v) is 3.10. The predicted octanol–water partition coefficient (Wildman–Crippen LogP) is 5.48. The molecule has 2 nitrogen and oxygen atoms in total. The van der Waals surface area contributed by atoms with Crippen LogP contribution in [0, 0.1) is 0 Å². The molecule has 0 atom stereocenters. The van der Waals surface area contributed by atoms with Gasteiger partial charge in [-0.05, 0) is 37.1 Å². The monoisotopic (exact) mass is 275 g/mol. The van der Waals surface area contributed by atoms with Crippen LogP contribution in [-0.2, 0) is 0 Å². The number of phenolic OH excluding ortho intramolecular Hbond substituents is 1. The quantitative estimate of drug-likeness (QED) is 0.701. The van der Waals surface area contributed by atoms with Crippen LogP contribution in [0.2, 0.25) is 0 Å². The van der Waals surface area contributed by atoms with E-state index in [-0.39, 0.29) is 0 Å². The lowest BCUT2D eigenvalue weighted by atomic mass is 9.98. The SMILES string of the molecule is Oc1ccc(NC2CCCCCCCCCCC2)cc1. The Balaban J connectivity index is 1.83. The third kappa shape index (κ3) is 5.85. The van der Waals surface area contributed by atoms with E-state index in [1.807, 2.05) is 12.1 Å². The average Bonchev–Trinajstić information content (AvgIpc) is 2.44. The molecule has 0 aromatic heterocycles. The maximum Gasteiger partial charge on any atom is 0.115 e. The van der Waals surface area contributed by atoms with Crippen molar-refractivity contribution in [1.82, 2.24) is 0 Å². The molecule has 2 heteroatoms. The smallest absolute Gasteiger partial charge is 0.115 e. The van der Waals surface area contributed by atoms with E-state index in [4.69, 9.17) is 0 Å². The lowest BCUT2D eigenvalue weighted by Crippen LogP contribution is -2.19. The van der Waals surface area contributed by atoms with Gasteiger partial charge in [-0.2, -0.15) is 0 Å². The fourth-order valence-electron chi connectivity index (χ4n) is 3.10. The maximum absolute atomic E-state index is 9.34. The molecule has 1 aromatic carbocycles. The highest BCUT2D eigenvalue weighted by molar-refractivity contribution is 5.46. The van der Waals surface area contributed by atoms with E-state index < -0.39 is 0 Å². The molecule has 0 unspecified atom stereocenters. The molecular weight excluding hydrogens is 246 g/mol. The van der Waals surface area contributed by atoms with E-state index in [9.17, 15) is 5.11 Å². The zero-order valence-corrected chi connectivity index (χ0v) is 12.6. The van der Waals surface area contributed by atoms with Crippen molar-refractivity contribution in [1.29, 1.82) is 0 Å². The van der Waals surface area contributed by atoms with Gasteiger partial charge in [0.05, 0.1) is 0 Å². The third-order valence-electron chi connectivity index (χ3n) is 4.34. The van der Waals surface area contributed by atoms with Crippen molar-refractivity contribution in [2.45, 2.75) is 76.7 Å². The number of nitrogens with one attached hydrogen (secondary N) is 1. The summed E-state index contributed by atoms with van der Waals surface area (Å²) in [6.45, 7) is 0. The molecule has 2 rings (SSSR count). The summed E-state index contributed by atoms with van der Waals surface area (Å²) in [7, 11) is 0. The third-order valence-corrected chi connectivity index (χ3v) is 4.34. The topological polar surface area (TPSA) is 32.3 Å². The van der Waals surface area contributed by atoms with Gasteiger partial charge in [0, 0.05) is 11.7 Å². The molecule has 2 N–H and O–H groups in total. The van der Waals surface area contributed by atoms with Gasteiger partial charge >= 0.3 is 0 Å². The fraction of sp³-hybridized carbons (Fsp3) is 0.667. The molecule has 1 saturated carbocycles. The summed E-state index contributed by atoms with van der Waals surface area (Å²) in [5, 5.41) is 13.0. The minimum Gasteiger partial charge on any atom is -0.508 e. The van der Waals surface area contributed by atoms with Gasteiger partial charge in [-0.3, -0.25) is 0 Å². The van der Waals surface area contributed by atoms with E-state index in [2.05, 4.69) is 5.32 Å². The molecule has 0 amide bonds. The Morgan fingerprint density at radius 2 is 1.15 bits per heavy atom. The molecule has 0 aliphatic heterocycles. The molecule has 112 valence electrons. The molecule has 0 saturated heterocycles. The predicted molar refractivity (Wildman–Crippen MR) is 86.3 cm³/mol. The van der Waals surface area contributed by atoms with E-state index >= 15 is 0 Å². The van der Waals surface area contributed by atoms with Gasteiger partial charge in [0.15, 0.2) is 0 Å². The van der Waals surface area contributed by atoms with Crippen LogP contribution in [0.5, 0.6) is 5.75 Å². The van der Waals surface area contributed by atoms with Gasteiger partial charge in [0.2, 0.25) is 0 Å². The average molecular weight is 275 g/mol. The van der Waals surface area contributed by atoms with Gasteiger partial charge in [0.1, 0.15) is 5.75 Å². The van der Waals surface area contributed by atoms with Crippen molar-refractivity contribution >= 4 is 5.69 Å². The summed E-state index contributed by atoms with van der Waals surface area (Å²) >= 11 is 0. The molecular formula is C18H29NO. The van der Waals surface area contributed by atoms with E-state index in [1.165, 1.54) is 70.6 Å². The van der Waals surface area contributed by atoms with Gasteiger partial charge in [-0.25, -0.2) is 0 Å². The molecule has 1 fully saturated rings. The molecule has 0 radical (unpaired) electrons. The highest BCUT2D eigenvalue weighted by atomic mass is 16.3. The Kier molecular flexibility index (Phi) is 6.76. The largest absolute Gasteiger partial charge is 0.508 e. The Hall–Kier alpha value is -1.18. The number of rotatable bonds is 2. The van der Waals surface area contributed by atoms with Crippen LogP contribution in [0.25, 0.3) is 0 Å². The van der Waals surface area contributed by atoms with Crippen molar-refractivity contribution in [3.05, 3.63) is 24.3 Å². The first-order chi connectivity index (χ1) is 9.84. The number of anilines is 1. The molecule has 0 heterocycles. The van der Waals surface area contributed by atoms with Crippen molar-refractivity contribution in [3.8, 4) is 5.75 Å². The lowest BCUT2D eigenvalue weighted by Gasteiger charge is -2.20. The Morgan fingerprint density at radius 3 is 1.65 bits per heavy atom. The zero-order valence-electron chi connectivity index (χ0n) is 12.6. The molecule has 0 bridgehead atoms. The summed E-state index contributed by atoms with van der Waals surface area (Å²) in [6.07, 6.45) is 15.1. The second-order valence-corrected chi connectivity index (χ2v) is 6.15. The van der Waals surface area contributed by atoms with Crippen LogP contribution in [0.15, 0.2) is 24.3 Å². The number of aromatic hydroxyl groups is 1. The van der Waals surface area contributed by atoms with Crippen molar-refractivity contribution < 1.29 is 5.11 Å². The number of hydrogen-bond acceptors (Lipinski definition) is 2. The van der Waals surface area contributed by atoms with Crippen LogP contribution < -0.4 is 5.32 Å². The molecule has 1 aliphatic rings. The summed E-state index contributed by atoms with van der Waals surface area (Å²) in [6, 6.07) is 8.07. The van der Waals surface area contributed by atoms with Gasteiger partial charge in [-0.1, -0.05) is 57.8 Å². The first-order valence-corrected chi connectivity index (χ1v) is 8.40. The van der Waals surface area contributed by atoms with E-state index in [1.54, 1.807) is 12.1 Å².